The number of fused-ring (bicyclic) bond motifs is 1. The van der Waals surface area contributed by atoms with Gasteiger partial charge in [-0.2, -0.15) is 4.98 Å². The first-order valence-electron chi connectivity index (χ1n) is 6.64. The zero-order valence-electron chi connectivity index (χ0n) is 11.4. The molecule has 0 unspecified atom stereocenters. The Labute approximate surface area is 120 Å². The van der Waals surface area contributed by atoms with Gasteiger partial charge in [0.1, 0.15) is 5.65 Å². The van der Waals surface area contributed by atoms with Gasteiger partial charge >= 0.3 is 0 Å². The second-order valence-corrected chi connectivity index (χ2v) is 4.81. The third-order valence-corrected chi connectivity index (χ3v) is 3.44. The van der Waals surface area contributed by atoms with E-state index in [1.165, 1.54) is 0 Å². The highest BCUT2D eigenvalue weighted by Crippen LogP contribution is 2.28. The van der Waals surface area contributed by atoms with Crippen molar-refractivity contribution in [1.82, 2.24) is 20.1 Å². The first kappa shape index (κ1) is 11.8. The molecule has 1 aromatic carbocycles. The Morgan fingerprint density at radius 1 is 1.00 bits per heavy atom. The van der Waals surface area contributed by atoms with E-state index in [4.69, 9.17) is 4.52 Å². The third-order valence-electron chi connectivity index (χ3n) is 3.44. The standard InChI is InChI=1S/C16H12N4O/c1-10-19-15(20-21-10)12-4-2-11(3-5-12)13-6-8-17-16-14(13)7-9-18-16/h2-9H,1H3,(H,17,18). The largest absolute Gasteiger partial charge is 0.346 e. The topological polar surface area (TPSA) is 67.6 Å². The molecule has 21 heavy (non-hydrogen) atoms. The first-order valence-corrected chi connectivity index (χ1v) is 6.64. The van der Waals surface area contributed by atoms with Crippen LogP contribution < -0.4 is 0 Å². The lowest BCUT2D eigenvalue weighted by atomic mass is 10.0. The minimum atomic E-state index is 0.567. The lowest BCUT2D eigenvalue weighted by Gasteiger charge is -2.04. The molecule has 4 aromatic rings. The summed E-state index contributed by atoms with van der Waals surface area (Å²) in [6.45, 7) is 1.78. The molecule has 3 heterocycles. The predicted molar refractivity (Wildman–Crippen MR) is 79.6 cm³/mol. The van der Waals surface area contributed by atoms with Crippen LogP contribution >= 0.6 is 0 Å². The number of aromatic amines is 1. The van der Waals surface area contributed by atoms with E-state index in [2.05, 4.69) is 32.2 Å². The molecule has 0 bridgehead atoms. The van der Waals surface area contributed by atoms with Crippen LogP contribution in [0.15, 0.2) is 53.3 Å². The molecule has 0 atom stereocenters. The van der Waals surface area contributed by atoms with Gasteiger partial charge in [0.2, 0.25) is 11.7 Å². The average Bonchev–Trinajstić information content (AvgIpc) is 3.15. The van der Waals surface area contributed by atoms with Crippen molar-refractivity contribution in [3.8, 4) is 22.5 Å². The van der Waals surface area contributed by atoms with Crippen LogP contribution in [-0.4, -0.2) is 20.1 Å². The fourth-order valence-corrected chi connectivity index (χ4v) is 2.43. The predicted octanol–water partition coefficient (Wildman–Crippen LogP) is 3.59. The van der Waals surface area contributed by atoms with Crippen molar-refractivity contribution in [1.29, 1.82) is 0 Å². The molecule has 5 nitrogen and oxygen atoms in total. The van der Waals surface area contributed by atoms with Crippen LogP contribution in [0, 0.1) is 6.92 Å². The van der Waals surface area contributed by atoms with Gasteiger partial charge in [-0.3, -0.25) is 0 Å². The van der Waals surface area contributed by atoms with Crippen molar-refractivity contribution in [3.05, 3.63) is 54.7 Å². The van der Waals surface area contributed by atoms with E-state index in [0.717, 1.165) is 27.7 Å². The van der Waals surface area contributed by atoms with E-state index in [1.54, 1.807) is 6.92 Å². The number of H-pyrrole nitrogens is 1. The fourth-order valence-electron chi connectivity index (χ4n) is 2.43. The smallest absolute Gasteiger partial charge is 0.223 e. The number of aromatic nitrogens is 4. The molecule has 0 radical (unpaired) electrons. The van der Waals surface area contributed by atoms with Gasteiger partial charge < -0.3 is 9.51 Å². The van der Waals surface area contributed by atoms with E-state index in [1.807, 2.05) is 36.7 Å². The van der Waals surface area contributed by atoms with Crippen molar-refractivity contribution >= 4 is 11.0 Å². The zero-order chi connectivity index (χ0) is 14.2. The third kappa shape index (κ3) is 1.99. The molecule has 0 saturated carbocycles. The van der Waals surface area contributed by atoms with Crippen molar-refractivity contribution in [2.45, 2.75) is 6.92 Å². The molecule has 0 fully saturated rings. The maximum Gasteiger partial charge on any atom is 0.223 e. The Balaban J connectivity index is 1.78. The summed E-state index contributed by atoms with van der Waals surface area (Å²) in [4.78, 5) is 11.7. The molecule has 0 aliphatic heterocycles. The first-order chi connectivity index (χ1) is 10.3. The summed E-state index contributed by atoms with van der Waals surface area (Å²) >= 11 is 0. The molecular weight excluding hydrogens is 264 g/mol. The van der Waals surface area contributed by atoms with Gasteiger partial charge in [0, 0.05) is 30.3 Å². The van der Waals surface area contributed by atoms with Crippen LogP contribution in [-0.2, 0) is 0 Å². The quantitative estimate of drug-likeness (QED) is 0.607. The molecule has 3 aromatic heterocycles. The van der Waals surface area contributed by atoms with Crippen LogP contribution in [0.4, 0.5) is 0 Å². The van der Waals surface area contributed by atoms with Crippen LogP contribution in [0.1, 0.15) is 5.89 Å². The van der Waals surface area contributed by atoms with Crippen LogP contribution in [0.25, 0.3) is 33.5 Å². The van der Waals surface area contributed by atoms with Crippen LogP contribution in [0.5, 0.6) is 0 Å². The number of benzene rings is 1. The zero-order valence-corrected chi connectivity index (χ0v) is 11.4. The normalized spacial score (nSPS) is 11.1. The van der Waals surface area contributed by atoms with E-state index in [9.17, 15) is 0 Å². The Morgan fingerprint density at radius 2 is 1.81 bits per heavy atom. The summed E-state index contributed by atoms with van der Waals surface area (Å²) in [5.41, 5.74) is 4.11. The van der Waals surface area contributed by atoms with E-state index >= 15 is 0 Å². The highest BCUT2D eigenvalue weighted by Gasteiger charge is 2.08. The number of hydrogen-bond donors (Lipinski definition) is 1. The molecule has 0 amide bonds. The lowest BCUT2D eigenvalue weighted by molar-refractivity contribution is 0.394. The molecular formula is C16H12N4O. The minimum absolute atomic E-state index is 0.567. The second kappa shape index (κ2) is 4.56. The van der Waals surface area contributed by atoms with Crippen molar-refractivity contribution in [2.24, 2.45) is 0 Å². The van der Waals surface area contributed by atoms with Gasteiger partial charge in [0.05, 0.1) is 0 Å². The molecule has 5 heteroatoms. The van der Waals surface area contributed by atoms with Gasteiger partial charge in [0.25, 0.3) is 0 Å². The molecule has 0 aliphatic rings. The van der Waals surface area contributed by atoms with Gasteiger partial charge in [-0.25, -0.2) is 4.98 Å². The highest BCUT2D eigenvalue weighted by molar-refractivity contribution is 5.93. The molecule has 0 spiro atoms. The molecule has 0 saturated heterocycles. The fraction of sp³-hybridized carbons (Fsp3) is 0.0625. The highest BCUT2D eigenvalue weighted by atomic mass is 16.5. The summed E-state index contributed by atoms with van der Waals surface area (Å²) in [6, 6.07) is 12.2. The number of rotatable bonds is 2. The SMILES string of the molecule is Cc1nc(-c2ccc(-c3ccnc4[nH]ccc34)cc2)no1. The molecule has 4 rings (SSSR count). The molecule has 0 aliphatic carbocycles. The number of hydrogen-bond acceptors (Lipinski definition) is 4. The summed E-state index contributed by atoms with van der Waals surface area (Å²) in [7, 11) is 0. The molecule has 102 valence electrons. The Kier molecular flexibility index (Phi) is 2.57. The van der Waals surface area contributed by atoms with Gasteiger partial charge in [-0.15, -0.1) is 0 Å². The lowest BCUT2D eigenvalue weighted by Crippen LogP contribution is -1.84. The van der Waals surface area contributed by atoms with Gasteiger partial charge in [-0.1, -0.05) is 29.4 Å². The summed E-state index contributed by atoms with van der Waals surface area (Å²) in [5.74, 6) is 1.18. The Bertz CT molecular complexity index is 905. The summed E-state index contributed by atoms with van der Waals surface area (Å²) in [6.07, 6.45) is 3.71. The average molecular weight is 276 g/mol. The van der Waals surface area contributed by atoms with Gasteiger partial charge in [0.15, 0.2) is 0 Å². The summed E-state index contributed by atoms with van der Waals surface area (Å²) < 4.78 is 5.01. The van der Waals surface area contributed by atoms with E-state index < -0.39 is 0 Å². The molecule has 1 N–H and O–H groups in total. The number of aryl methyl sites for hydroxylation is 1. The van der Waals surface area contributed by atoms with Crippen molar-refractivity contribution in [3.63, 3.8) is 0 Å². The number of nitrogens with one attached hydrogen (secondary N) is 1. The van der Waals surface area contributed by atoms with E-state index in [-0.39, 0.29) is 0 Å². The maximum absolute atomic E-state index is 5.01. The number of nitrogens with zero attached hydrogens (tertiary/aromatic N) is 3. The van der Waals surface area contributed by atoms with E-state index in [0.29, 0.717) is 11.7 Å². The maximum atomic E-state index is 5.01. The monoisotopic (exact) mass is 276 g/mol. The van der Waals surface area contributed by atoms with Crippen LogP contribution in [0.2, 0.25) is 0 Å². The summed E-state index contributed by atoms with van der Waals surface area (Å²) in [5, 5.41) is 5.04. The van der Waals surface area contributed by atoms with Gasteiger partial charge in [-0.05, 0) is 23.3 Å². The number of pyridine rings is 1. The van der Waals surface area contributed by atoms with Crippen molar-refractivity contribution in [2.75, 3.05) is 0 Å². The van der Waals surface area contributed by atoms with Crippen molar-refractivity contribution < 1.29 is 4.52 Å². The Morgan fingerprint density at radius 3 is 2.57 bits per heavy atom. The second-order valence-electron chi connectivity index (χ2n) is 4.81. The minimum Gasteiger partial charge on any atom is -0.346 e. The Hall–Kier alpha value is -2.95. The van der Waals surface area contributed by atoms with Crippen LogP contribution in [0.3, 0.4) is 0 Å².